The van der Waals surface area contributed by atoms with Gasteiger partial charge in [0.15, 0.2) is 0 Å². The van der Waals surface area contributed by atoms with E-state index in [1.165, 1.54) is 0 Å². The molecule has 1 unspecified atom stereocenters. The molecule has 1 N–H and O–H groups in total. The van der Waals surface area contributed by atoms with Crippen molar-refractivity contribution in [1.82, 2.24) is 14.6 Å². The smallest absolute Gasteiger partial charge is 0.410 e. The van der Waals surface area contributed by atoms with E-state index in [2.05, 4.69) is 9.71 Å². The van der Waals surface area contributed by atoms with Crippen molar-refractivity contribution in [3.05, 3.63) is 29.6 Å². The van der Waals surface area contributed by atoms with Crippen LogP contribution in [0.15, 0.2) is 18.3 Å². The van der Waals surface area contributed by atoms with Gasteiger partial charge in [-0.25, -0.2) is 13.7 Å². The molecule has 27 heavy (non-hydrogen) atoms. The summed E-state index contributed by atoms with van der Waals surface area (Å²) in [6, 6.07) is 3.80. The molecule has 3 atom stereocenters. The fourth-order valence-electron chi connectivity index (χ4n) is 2.91. The van der Waals surface area contributed by atoms with Gasteiger partial charge in [0, 0.05) is 25.2 Å². The summed E-state index contributed by atoms with van der Waals surface area (Å²) in [6.07, 6.45) is 2.34. The number of ether oxygens (including phenoxy) is 1. The first-order chi connectivity index (χ1) is 12.4. The highest BCUT2D eigenvalue weighted by Crippen LogP contribution is 2.31. The van der Waals surface area contributed by atoms with Crippen molar-refractivity contribution in [3.8, 4) is 0 Å². The van der Waals surface area contributed by atoms with Crippen molar-refractivity contribution >= 4 is 17.1 Å². The maximum Gasteiger partial charge on any atom is 0.410 e. The lowest BCUT2D eigenvalue weighted by molar-refractivity contribution is 0.0286. The number of hydrogen-bond donors (Lipinski definition) is 1. The largest absolute Gasteiger partial charge is 0.444 e. The lowest BCUT2D eigenvalue weighted by Gasteiger charge is -2.28. The third-order valence-corrected chi connectivity index (χ3v) is 5.97. The minimum Gasteiger partial charge on any atom is -0.444 e. The summed E-state index contributed by atoms with van der Waals surface area (Å²) in [4.78, 5) is 18.7. The molecule has 2 heterocycles. The molecular weight excluding hydrogens is 362 g/mol. The number of nitrogens with zero attached hydrogens (tertiary/aromatic N) is 2. The van der Waals surface area contributed by atoms with Gasteiger partial charge in [-0.2, -0.15) is 0 Å². The third kappa shape index (κ3) is 6.28. The summed E-state index contributed by atoms with van der Waals surface area (Å²) in [6.45, 7) is 14.6. The lowest BCUT2D eigenvalue weighted by Crippen LogP contribution is -2.40. The monoisotopic (exact) mass is 395 g/mol. The first-order valence-corrected chi connectivity index (χ1v) is 10.6. The van der Waals surface area contributed by atoms with Crippen molar-refractivity contribution in [2.24, 2.45) is 5.92 Å². The van der Waals surface area contributed by atoms with E-state index >= 15 is 0 Å². The van der Waals surface area contributed by atoms with Gasteiger partial charge in [-0.15, -0.1) is 0 Å². The first kappa shape index (κ1) is 21.8. The van der Waals surface area contributed by atoms with Crippen LogP contribution in [0.2, 0.25) is 0 Å². The van der Waals surface area contributed by atoms with Gasteiger partial charge in [-0.05, 0) is 66.5 Å². The molecule has 0 radical (unpaired) electrons. The van der Waals surface area contributed by atoms with E-state index in [1.54, 1.807) is 4.90 Å². The average Bonchev–Trinajstić information content (AvgIpc) is 3.00. The highest BCUT2D eigenvalue weighted by molar-refractivity contribution is 7.84. The molecule has 1 aromatic rings. The fraction of sp³-hybridized carbons (Fsp3) is 0.700. The summed E-state index contributed by atoms with van der Waals surface area (Å²) in [5.74, 6) is 0.124. The van der Waals surface area contributed by atoms with Crippen molar-refractivity contribution in [1.29, 1.82) is 0 Å². The van der Waals surface area contributed by atoms with Crippen LogP contribution in [0.4, 0.5) is 4.79 Å². The maximum atomic E-state index is 12.7. The molecule has 0 bridgehead atoms. The molecule has 1 saturated heterocycles. The SMILES string of the molecule is Cc1ccc(C(N[S@@](=O)C(C)(C)C)[C@@H]2CCN(C(=O)OC(C)(C)C)C2)nc1. The predicted molar refractivity (Wildman–Crippen MR) is 109 cm³/mol. The molecule has 1 aromatic heterocycles. The number of amides is 1. The van der Waals surface area contributed by atoms with Gasteiger partial charge >= 0.3 is 6.09 Å². The molecule has 1 aliphatic rings. The maximum absolute atomic E-state index is 12.7. The quantitative estimate of drug-likeness (QED) is 0.843. The number of aromatic nitrogens is 1. The Balaban J connectivity index is 2.18. The number of carbonyl (C=O) groups excluding carboxylic acids is 1. The van der Waals surface area contributed by atoms with Crippen molar-refractivity contribution in [2.45, 2.75) is 71.3 Å². The highest BCUT2D eigenvalue weighted by Gasteiger charge is 2.37. The molecule has 2 rings (SSSR count). The van der Waals surface area contributed by atoms with Crippen LogP contribution in [0.1, 0.15) is 65.3 Å². The molecule has 1 aliphatic heterocycles. The number of hydrogen-bond acceptors (Lipinski definition) is 4. The van der Waals surface area contributed by atoms with Gasteiger partial charge < -0.3 is 9.64 Å². The molecule has 0 spiro atoms. The Kier molecular flexibility index (Phi) is 6.68. The second kappa shape index (κ2) is 8.27. The van der Waals surface area contributed by atoms with E-state index < -0.39 is 16.6 Å². The Morgan fingerprint density at radius 3 is 2.48 bits per heavy atom. The number of likely N-dealkylation sites (tertiary alicyclic amines) is 1. The van der Waals surface area contributed by atoms with Crippen LogP contribution in [0, 0.1) is 12.8 Å². The molecule has 0 aromatic carbocycles. The van der Waals surface area contributed by atoms with E-state index in [-0.39, 0.29) is 22.8 Å². The van der Waals surface area contributed by atoms with Gasteiger partial charge in [-0.3, -0.25) is 4.98 Å². The van der Waals surface area contributed by atoms with E-state index in [1.807, 2.05) is 66.8 Å². The van der Waals surface area contributed by atoms with Gasteiger partial charge in [0.1, 0.15) is 5.60 Å². The van der Waals surface area contributed by atoms with E-state index in [4.69, 9.17) is 4.74 Å². The normalized spacial score (nSPS) is 20.4. The average molecular weight is 396 g/mol. The molecule has 0 aliphatic carbocycles. The predicted octanol–water partition coefficient (Wildman–Crippen LogP) is 3.74. The topological polar surface area (TPSA) is 71.5 Å². The lowest BCUT2D eigenvalue weighted by atomic mass is 9.96. The Labute approximate surface area is 165 Å². The fourth-order valence-corrected chi connectivity index (χ4v) is 3.80. The molecule has 152 valence electrons. The summed E-state index contributed by atoms with van der Waals surface area (Å²) in [7, 11) is -1.23. The summed E-state index contributed by atoms with van der Waals surface area (Å²) >= 11 is 0. The van der Waals surface area contributed by atoms with Crippen LogP contribution >= 0.6 is 0 Å². The van der Waals surface area contributed by atoms with Crippen molar-refractivity contribution in [3.63, 3.8) is 0 Å². The van der Waals surface area contributed by atoms with Crippen LogP contribution in [0.5, 0.6) is 0 Å². The zero-order valence-corrected chi connectivity index (χ0v) is 18.4. The van der Waals surface area contributed by atoms with Crippen LogP contribution in [0.3, 0.4) is 0 Å². The van der Waals surface area contributed by atoms with Crippen molar-refractivity contribution < 1.29 is 13.7 Å². The first-order valence-electron chi connectivity index (χ1n) is 9.45. The minimum absolute atomic E-state index is 0.124. The van der Waals surface area contributed by atoms with Crippen LogP contribution in [-0.4, -0.2) is 43.6 Å². The molecule has 7 heteroatoms. The number of nitrogens with one attached hydrogen (secondary N) is 1. The second-order valence-corrected chi connectivity index (χ2v) is 11.2. The zero-order chi connectivity index (χ0) is 20.4. The molecule has 1 amide bonds. The molecule has 6 nitrogen and oxygen atoms in total. The number of rotatable bonds is 4. The molecule has 0 saturated carbocycles. The summed E-state index contributed by atoms with van der Waals surface area (Å²) < 4.78 is 21.1. The van der Waals surface area contributed by atoms with E-state index in [0.29, 0.717) is 13.1 Å². The second-order valence-electron chi connectivity index (χ2n) is 9.21. The van der Waals surface area contributed by atoms with Gasteiger partial charge in [0.25, 0.3) is 0 Å². The Morgan fingerprint density at radius 1 is 1.30 bits per heavy atom. The number of aryl methyl sites for hydroxylation is 1. The van der Waals surface area contributed by atoms with Crippen LogP contribution < -0.4 is 4.72 Å². The van der Waals surface area contributed by atoms with Gasteiger partial charge in [0.05, 0.1) is 27.5 Å². The van der Waals surface area contributed by atoms with Gasteiger partial charge in [-0.1, -0.05) is 6.07 Å². The van der Waals surface area contributed by atoms with Crippen LogP contribution in [-0.2, 0) is 15.7 Å². The molecular formula is C20H33N3O3S. The summed E-state index contributed by atoms with van der Waals surface area (Å²) in [5, 5.41) is 0. The number of carbonyl (C=O) groups is 1. The number of pyridine rings is 1. The van der Waals surface area contributed by atoms with Gasteiger partial charge in [0.2, 0.25) is 0 Å². The van der Waals surface area contributed by atoms with E-state index in [0.717, 1.165) is 17.7 Å². The summed E-state index contributed by atoms with van der Waals surface area (Å²) in [5.41, 5.74) is 1.42. The minimum atomic E-state index is -1.23. The van der Waals surface area contributed by atoms with E-state index in [9.17, 15) is 9.00 Å². The Bertz CT molecular complexity index is 677. The molecule has 1 fully saturated rings. The highest BCUT2D eigenvalue weighted by atomic mass is 32.2. The standard InChI is InChI=1S/C20H33N3O3S/c1-14-8-9-16(21-12-14)17(22-27(25)20(5,6)7)15-10-11-23(13-15)18(24)26-19(2,3)4/h8-9,12,15,17,22H,10-11,13H2,1-7H3/t15-,17?,27+/m1/s1. The Morgan fingerprint density at radius 2 is 1.96 bits per heavy atom. The van der Waals surface area contributed by atoms with Crippen molar-refractivity contribution in [2.75, 3.05) is 13.1 Å². The zero-order valence-electron chi connectivity index (χ0n) is 17.5. The van der Waals surface area contributed by atoms with Crippen LogP contribution in [0.25, 0.3) is 0 Å². The Hall–Kier alpha value is -1.47. The third-order valence-electron chi connectivity index (χ3n) is 4.39.